The lowest BCUT2D eigenvalue weighted by Crippen LogP contribution is -2.14. The Balaban J connectivity index is 1.59. The van der Waals surface area contributed by atoms with Crippen molar-refractivity contribution < 1.29 is 14.9 Å². The highest BCUT2D eigenvalue weighted by atomic mass is 32.2. The first-order valence-corrected chi connectivity index (χ1v) is 11.7. The topological polar surface area (TPSA) is 126 Å². The normalized spacial score (nSPS) is 11.0. The van der Waals surface area contributed by atoms with Gasteiger partial charge in [0, 0.05) is 66.6 Å². The Morgan fingerprint density at radius 3 is 2.67 bits per heavy atom. The molecule has 0 spiro atoms. The number of nitrogens with zero attached hydrogens (tertiary/aromatic N) is 5. The smallest absolute Gasteiger partial charge is 0.208 e. The zero-order chi connectivity index (χ0) is 23.0. The predicted molar refractivity (Wildman–Crippen MR) is 126 cm³/mol. The molecule has 0 aliphatic heterocycles. The van der Waals surface area contributed by atoms with Crippen molar-refractivity contribution in [1.29, 1.82) is 0 Å². The minimum Gasteiger partial charge on any atom is -0.452 e. The molecule has 9 nitrogen and oxygen atoms in total. The van der Waals surface area contributed by atoms with Gasteiger partial charge in [-0.3, -0.25) is 4.98 Å². The molecule has 0 saturated heterocycles. The molecule has 0 aromatic carbocycles. The fraction of sp³-hybridized carbons (Fsp3) is 0.227. The number of pyridine rings is 3. The summed E-state index contributed by atoms with van der Waals surface area (Å²) in [6.07, 6.45) is 5.58. The summed E-state index contributed by atoms with van der Waals surface area (Å²) in [5.41, 5.74) is 0.753. The van der Waals surface area contributed by atoms with Crippen molar-refractivity contribution in [2.45, 2.75) is 23.3 Å². The summed E-state index contributed by atoms with van der Waals surface area (Å²) in [4.78, 5) is 18.5. The standard InChI is InChI=1S/C22H22N6O3S2/c1-14-17(5-4-8-23-14)31-18-10-16(32-20-6-2-3-7-24-20)11-25-21(18)27-22-26-19(28-33-22)9-15(12-29)13-30/h2-8,10-11,15,29-30H,9,12-13H2,1H3,(H,25,26,27,28). The van der Waals surface area contributed by atoms with E-state index in [9.17, 15) is 10.2 Å². The van der Waals surface area contributed by atoms with Crippen molar-refractivity contribution in [3.8, 4) is 11.5 Å². The molecule has 0 atom stereocenters. The van der Waals surface area contributed by atoms with E-state index in [1.54, 1.807) is 18.6 Å². The molecule has 4 aromatic rings. The predicted octanol–water partition coefficient (Wildman–Crippen LogP) is 3.86. The van der Waals surface area contributed by atoms with Gasteiger partial charge in [0.1, 0.15) is 16.6 Å². The zero-order valence-corrected chi connectivity index (χ0v) is 19.4. The van der Waals surface area contributed by atoms with E-state index in [1.807, 2.05) is 43.3 Å². The number of aliphatic hydroxyl groups is 2. The lowest BCUT2D eigenvalue weighted by atomic mass is 10.1. The van der Waals surface area contributed by atoms with Crippen LogP contribution in [0.2, 0.25) is 0 Å². The Labute approximate surface area is 199 Å². The van der Waals surface area contributed by atoms with Gasteiger partial charge in [-0.1, -0.05) is 17.8 Å². The minimum atomic E-state index is -0.291. The maximum absolute atomic E-state index is 9.29. The van der Waals surface area contributed by atoms with Crippen LogP contribution in [-0.4, -0.2) is 47.7 Å². The molecule has 33 heavy (non-hydrogen) atoms. The van der Waals surface area contributed by atoms with Crippen molar-refractivity contribution in [1.82, 2.24) is 24.3 Å². The number of nitrogens with one attached hydrogen (secondary N) is 1. The molecule has 0 amide bonds. The Kier molecular flexibility index (Phi) is 7.79. The molecular formula is C22H22N6O3S2. The second-order valence-electron chi connectivity index (χ2n) is 7.05. The van der Waals surface area contributed by atoms with Crippen LogP contribution in [0.1, 0.15) is 11.5 Å². The third-order valence-electron chi connectivity index (χ3n) is 4.55. The molecule has 170 valence electrons. The number of hydrogen-bond donors (Lipinski definition) is 3. The van der Waals surface area contributed by atoms with E-state index in [0.717, 1.165) is 15.6 Å². The van der Waals surface area contributed by atoms with Gasteiger partial charge in [-0.25, -0.2) is 15.0 Å². The van der Waals surface area contributed by atoms with Gasteiger partial charge in [0.25, 0.3) is 0 Å². The van der Waals surface area contributed by atoms with Crippen molar-refractivity contribution in [2.75, 3.05) is 18.5 Å². The Morgan fingerprint density at radius 2 is 1.91 bits per heavy atom. The van der Waals surface area contributed by atoms with Crippen molar-refractivity contribution in [3.05, 3.63) is 66.5 Å². The fourth-order valence-electron chi connectivity index (χ4n) is 2.81. The van der Waals surface area contributed by atoms with E-state index in [4.69, 9.17) is 4.74 Å². The number of hydrogen-bond acceptors (Lipinski definition) is 11. The van der Waals surface area contributed by atoms with Crippen LogP contribution in [-0.2, 0) is 6.42 Å². The number of anilines is 2. The Hall–Kier alpha value is -3.12. The maximum atomic E-state index is 9.29. The van der Waals surface area contributed by atoms with Gasteiger partial charge < -0.3 is 20.3 Å². The Bertz CT molecular complexity index is 1190. The summed E-state index contributed by atoms with van der Waals surface area (Å²) in [6.45, 7) is 1.62. The number of ether oxygens (including phenoxy) is 1. The minimum absolute atomic E-state index is 0.127. The van der Waals surface area contributed by atoms with Crippen LogP contribution in [0.15, 0.2) is 64.9 Å². The molecule has 0 aliphatic rings. The SMILES string of the molecule is Cc1ncccc1Oc1cc(Sc2ccccn2)cnc1Nc1nc(CC(CO)CO)ns1. The van der Waals surface area contributed by atoms with E-state index in [1.165, 1.54) is 23.3 Å². The highest BCUT2D eigenvalue weighted by molar-refractivity contribution is 7.99. The summed E-state index contributed by atoms with van der Waals surface area (Å²) >= 11 is 2.65. The van der Waals surface area contributed by atoms with Gasteiger partial charge in [-0.2, -0.15) is 4.37 Å². The van der Waals surface area contributed by atoms with Crippen LogP contribution in [0, 0.1) is 12.8 Å². The number of aromatic nitrogens is 5. The fourth-order valence-corrected chi connectivity index (χ4v) is 4.18. The molecule has 0 saturated carbocycles. The van der Waals surface area contributed by atoms with Crippen molar-refractivity contribution >= 4 is 34.2 Å². The monoisotopic (exact) mass is 482 g/mol. The van der Waals surface area contributed by atoms with Crippen LogP contribution in [0.25, 0.3) is 0 Å². The lowest BCUT2D eigenvalue weighted by Gasteiger charge is -2.13. The molecule has 11 heteroatoms. The quantitative estimate of drug-likeness (QED) is 0.307. The average Bonchev–Trinajstić information content (AvgIpc) is 3.28. The summed E-state index contributed by atoms with van der Waals surface area (Å²) in [6, 6.07) is 11.3. The van der Waals surface area contributed by atoms with Gasteiger partial charge in [-0.15, -0.1) is 0 Å². The third kappa shape index (κ3) is 6.23. The van der Waals surface area contributed by atoms with E-state index in [-0.39, 0.29) is 19.1 Å². The first-order valence-electron chi connectivity index (χ1n) is 10.1. The number of aliphatic hydroxyl groups excluding tert-OH is 2. The first kappa shape index (κ1) is 23.1. The van der Waals surface area contributed by atoms with Gasteiger partial charge in [0.2, 0.25) is 5.13 Å². The summed E-state index contributed by atoms with van der Waals surface area (Å²) < 4.78 is 10.5. The van der Waals surface area contributed by atoms with Crippen molar-refractivity contribution in [3.63, 3.8) is 0 Å². The molecule has 0 bridgehead atoms. The average molecular weight is 483 g/mol. The highest BCUT2D eigenvalue weighted by Gasteiger charge is 2.16. The summed E-state index contributed by atoms with van der Waals surface area (Å²) in [5.74, 6) is 1.86. The van der Waals surface area contributed by atoms with Crippen LogP contribution in [0.3, 0.4) is 0 Å². The van der Waals surface area contributed by atoms with Crippen LogP contribution in [0.5, 0.6) is 11.5 Å². The Morgan fingerprint density at radius 1 is 1.06 bits per heavy atom. The largest absolute Gasteiger partial charge is 0.452 e. The van der Waals surface area contributed by atoms with Gasteiger partial charge >= 0.3 is 0 Å². The van der Waals surface area contributed by atoms with Crippen molar-refractivity contribution in [2.24, 2.45) is 5.92 Å². The second-order valence-corrected chi connectivity index (χ2v) is 8.90. The molecule has 4 aromatic heterocycles. The van der Waals surface area contributed by atoms with E-state index in [2.05, 4.69) is 29.6 Å². The third-order valence-corrected chi connectivity index (χ3v) is 6.13. The number of rotatable bonds is 10. The molecule has 4 rings (SSSR count). The molecule has 0 aliphatic carbocycles. The van der Waals surface area contributed by atoms with Crippen LogP contribution in [0.4, 0.5) is 10.9 Å². The van der Waals surface area contributed by atoms with Crippen LogP contribution >= 0.6 is 23.3 Å². The van der Waals surface area contributed by atoms with Crippen LogP contribution < -0.4 is 10.1 Å². The lowest BCUT2D eigenvalue weighted by molar-refractivity contribution is 0.149. The molecule has 0 radical (unpaired) electrons. The first-order chi connectivity index (χ1) is 16.1. The zero-order valence-electron chi connectivity index (χ0n) is 17.8. The summed E-state index contributed by atoms with van der Waals surface area (Å²) in [7, 11) is 0. The molecule has 0 unspecified atom stereocenters. The van der Waals surface area contributed by atoms with E-state index < -0.39 is 0 Å². The highest BCUT2D eigenvalue weighted by Crippen LogP contribution is 2.36. The number of aryl methyl sites for hydroxylation is 1. The molecule has 0 fully saturated rings. The molecule has 3 N–H and O–H groups in total. The second kappa shape index (κ2) is 11.1. The molecular weight excluding hydrogens is 460 g/mol. The molecule has 4 heterocycles. The maximum Gasteiger partial charge on any atom is 0.208 e. The van der Waals surface area contributed by atoms with E-state index >= 15 is 0 Å². The summed E-state index contributed by atoms with van der Waals surface area (Å²) in [5, 5.41) is 23.1. The van der Waals surface area contributed by atoms with E-state index in [0.29, 0.717) is 34.7 Å². The van der Waals surface area contributed by atoms with Gasteiger partial charge in [-0.05, 0) is 31.2 Å². The van der Waals surface area contributed by atoms with Gasteiger partial charge in [0.05, 0.1) is 5.69 Å². The van der Waals surface area contributed by atoms with Gasteiger partial charge in [0.15, 0.2) is 11.6 Å².